The average Bonchev–Trinajstić information content (AvgIpc) is 2.71. The summed E-state index contributed by atoms with van der Waals surface area (Å²) in [5.41, 5.74) is 7.47. The number of nitrogens with two attached hydrogens (primary N) is 1. The Labute approximate surface area is 107 Å². The maximum Gasteiger partial charge on any atom is 0.0552 e. The fraction of sp³-hybridized carbons (Fsp3) is 0.538. The average molecular weight is 255 g/mol. The van der Waals surface area contributed by atoms with E-state index in [4.69, 9.17) is 17.3 Å². The van der Waals surface area contributed by atoms with Crippen molar-refractivity contribution in [2.24, 2.45) is 5.92 Å². The van der Waals surface area contributed by atoms with Crippen molar-refractivity contribution in [3.8, 4) is 0 Å². The zero-order valence-electron chi connectivity index (χ0n) is 10.1. The molecule has 1 aromatic rings. The molecule has 4 heteroatoms. The molecular weight excluding hydrogens is 236 g/mol. The van der Waals surface area contributed by atoms with Gasteiger partial charge in [-0.15, -0.1) is 0 Å². The Morgan fingerprint density at radius 3 is 2.94 bits per heavy atom. The van der Waals surface area contributed by atoms with Crippen LogP contribution in [0, 0.1) is 5.92 Å². The number of benzene rings is 1. The first-order valence-corrected chi connectivity index (χ1v) is 6.38. The van der Waals surface area contributed by atoms with Gasteiger partial charge in [0.1, 0.15) is 0 Å². The molecule has 1 aromatic carbocycles. The van der Waals surface area contributed by atoms with Gasteiger partial charge in [0, 0.05) is 23.8 Å². The van der Waals surface area contributed by atoms with Gasteiger partial charge in [0.15, 0.2) is 0 Å². The van der Waals surface area contributed by atoms with Crippen LogP contribution in [-0.2, 0) is 6.54 Å². The molecule has 17 heavy (non-hydrogen) atoms. The van der Waals surface area contributed by atoms with Crippen LogP contribution in [0.4, 0.5) is 5.69 Å². The van der Waals surface area contributed by atoms with E-state index in [1.807, 2.05) is 19.1 Å². The van der Waals surface area contributed by atoms with E-state index in [-0.39, 0.29) is 6.10 Å². The summed E-state index contributed by atoms with van der Waals surface area (Å²) in [6.07, 6.45) is 0.839. The van der Waals surface area contributed by atoms with Crippen LogP contribution >= 0.6 is 11.6 Å². The second-order valence-electron chi connectivity index (χ2n) is 4.88. The lowest BCUT2D eigenvalue weighted by Gasteiger charge is -2.18. The number of aliphatic hydroxyl groups excluding tert-OH is 1. The number of anilines is 1. The second-order valence-corrected chi connectivity index (χ2v) is 5.28. The van der Waals surface area contributed by atoms with E-state index in [1.54, 1.807) is 6.07 Å². The Kier molecular flexibility index (Phi) is 3.92. The van der Waals surface area contributed by atoms with Gasteiger partial charge in [-0.25, -0.2) is 0 Å². The molecule has 0 bridgehead atoms. The van der Waals surface area contributed by atoms with Crippen molar-refractivity contribution in [1.29, 1.82) is 0 Å². The second kappa shape index (κ2) is 5.25. The molecule has 2 rings (SSSR count). The van der Waals surface area contributed by atoms with E-state index in [9.17, 15) is 5.11 Å². The topological polar surface area (TPSA) is 49.5 Å². The molecule has 0 aliphatic carbocycles. The largest absolute Gasteiger partial charge is 0.399 e. The Bertz CT molecular complexity index is 395. The van der Waals surface area contributed by atoms with Crippen LogP contribution < -0.4 is 5.73 Å². The molecule has 2 atom stereocenters. The molecule has 1 aliphatic rings. The van der Waals surface area contributed by atoms with Crippen LogP contribution in [0.3, 0.4) is 0 Å². The molecule has 3 N–H and O–H groups in total. The van der Waals surface area contributed by atoms with Gasteiger partial charge in [-0.3, -0.25) is 4.90 Å². The summed E-state index contributed by atoms with van der Waals surface area (Å²) in [7, 11) is 0. The van der Waals surface area contributed by atoms with Crippen LogP contribution in [0.1, 0.15) is 18.9 Å². The van der Waals surface area contributed by atoms with Crippen molar-refractivity contribution in [3.63, 3.8) is 0 Å². The zero-order chi connectivity index (χ0) is 12.4. The Hall–Kier alpha value is -0.770. The normalized spacial score (nSPS) is 22.9. The van der Waals surface area contributed by atoms with Gasteiger partial charge in [-0.1, -0.05) is 17.7 Å². The Morgan fingerprint density at radius 1 is 1.59 bits per heavy atom. The smallest absolute Gasteiger partial charge is 0.0552 e. The van der Waals surface area contributed by atoms with Crippen molar-refractivity contribution in [2.45, 2.75) is 26.0 Å². The van der Waals surface area contributed by atoms with Crippen LogP contribution in [0.15, 0.2) is 18.2 Å². The molecule has 0 radical (unpaired) electrons. The first-order valence-electron chi connectivity index (χ1n) is 6.00. The van der Waals surface area contributed by atoms with Crippen LogP contribution in [-0.4, -0.2) is 29.2 Å². The van der Waals surface area contributed by atoms with Crippen LogP contribution in [0.2, 0.25) is 5.02 Å². The van der Waals surface area contributed by atoms with Crippen molar-refractivity contribution in [3.05, 3.63) is 28.8 Å². The van der Waals surface area contributed by atoms with Crippen LogP contribution in [0.25, 0.3) is 0 Å². The van der Waals surface area contributed by atoms with Gasteiger partial charge >= 0.3 is 0 Å². The highest BCUT2D eigenvalue weighted by Crippen LogP contribution is 2.25. The van der Waals surface area contributed by atoms with Crippen molar-refractivity contribution in [1.82, 2.24) is 4.90 Å². The van der Waals surface area contributed by atoms with Gasteiger partial charge < -0.3 is 10.8 Å². The summed E-state index contributed by atoms with van der Waals surface area (Å²) in [5, 5.41) is 10.3. The summed E-state index contributed by atoms with van der Waals surface area (Å²) in [6.45, 7) is 4.67. The lowest BCUT2D eigenvalue weighted by atomic mass is 10.0. The molecule has 0 amide bonds. The number of hydrogen-bond donors (Lipinski definition) is 2. The monoisotopic (exact) mass is 254 g/mol. The Morgan fingerprint density at radius 2 is 2.35 bits per heavy atom. The number of likely N-dealkylation sites (tertiary alicyclic amines) is 1. The number of hydrogen-bond acceptors (Lipinski definition) is 3. The predicted molar refractivity (Wildman–Crippen MR) is 70.9 cm³/mol. The fourth-order valence-corrected chi connectivity index (χ4v) is 2.58. The van der Waals surface area contributed by atoms with Crippen LogP contribution in [0.5, 0.6) is 0 Å². The Balaban J connectivity index is 1.98. The standard InChI is InChI=1S/C13H19ClN2O/c1-9(17)10-4-5-16(7-10)8-11-2-3-12(15)6-13(11)14/h2-3,6,9-10,17H,4-5,7-8,15H2,1H3. The molecule has 1 heterocycles. The highest BCUT2D eigenvalue weighted by molar-refractivity contribution is 6.31. The summed E-state index contributed by atoms with van der Waals surface area (Å²) in [5.74, 6) is 0.391. The van der Waals surface area contributed by atoms with Crippen molar-refractivity contribution < 1.29 is 5.11 Å². The third-order valence-corrected chi connectivity index (χ3v) is 3.81. The lowest BCUT2D eigenvalue weighted by molar-refractivity contribution is 0.127. The number of nitrogen functional groups attached to an aromatic ring is 1. The summed E-state index contributed by atoms with van der Waals surface area (Å²) < 4.78 is 0. The molecule has 1 saturated heterocycles. The van der Waals surface area contributed by atoms with Gasteiger partial charge in [0.25, 0.3) is 0 Å². The molecule has 0 aromatic heterocycles. The minimum absolute atomic E-state index is 0.220. The number of aliphatic hydroxyl groups is 1. The van der Waals surface area contributed by atoms with Gasteiger partial charge in [0.2, 0.25) is 0 Å². The SMILES string of the molecule is CC(O)C1CCN(Cc2ccc(N)cc2Cl)C1. The third-order valence-electron chi connectivity index (χ3n) is 3.46. The lowest BCUT2D eigenvalue weighted by Crippen LogP contribution is -2.24. The molecule has 94 valence electrons. The zero-order valence-corrected chi connectivity index (χ0v) is 10.8. The minimum atomic E-state index is -0.220. The predicted octanol–water partition coefficient (Wildman–Crippen LogP) is 2.12. The molecule has 1 fully saturated rings. The molecule has 2 unspecified atom stereocenters. The summed E-state index contributed by atoms with van der Waals surface area (Å²) in [6, 6.07) is 5.65. The maximum atomic E-state index is 9.56. The van der Waals surface area contributed by atoms with Crippen molar-refractivity contribution in [2.75, 3.05) is 18.8 Å². The number of nitrogens with zero attached hydrogens (tertiary/aromatic N) is 1. The molecule has 0 spiro atoms. The summed E-state index contributed by atoms with van der Waals surface area (Å²) in [4.78, 5) is 2.33. The van der Waals surface area contributed by atoms with E-state index in [0.29, 0.717) is 11.6 Å². The van der Waals surface area contributed by atoms with E-state index in [1.165, 1.54) is 0 Å². The fourth-order valence-electron chi connectivity index (χ4n) is 2.33. The van der Waals surface area contributed by atoms with E-state index in [0.717, 1.165) is 36.6 Å². The highest BCUT2D eigenvalue weighted by atomic mass is 35.5. The first kappa shape index (κ1) is 12.7. The molecular formula is C13H19ClN2O. The van der Waals surface area contributed by atoms with Gasteiger partial charge in [0.05, 0.1) is 6.10 Å². The van der Waals surface area contributed by atoms with E-state index in [2.05, 4.69) is 4.90 Å². The number of halogens is 1. The van der Waals surface area contributed by atoms with Gasteiger partial charge in [-0.2, -0.15) is 0 Å². The maximum absolute atomic E-state index is 9.56. The third kappa shape index (κ3) is 3.12. The van der Waals surface area contributed by atoms with E-state index >= 15 is 0 Å². The van der Waals surface area contributed by atoms with Crippen molar-refractivity contribution >= 4 is 17.3 Å². The molecule has 0 saturated carbocycles. The summed E-state index contributed by atoms with van der Waals surface area (Å²) >= 11 is 6.15. The minimum Gasteiger partial charge on any atom is -0.399 e. The highest BCUT2D eigenvalue weighted by Gasteiger charge is 2.26. The number of rotatable bonds is 3. The quantitative estimate of drug-likeness (QED) is 0.813. The van der Waals surface area contributed by atoms with Gasteiger partial charge in [-0.05, 0) is 43.5 Å². The molecule has 3 nitrogen and oxygen atoms in total. The van der Waals surface area contributed by atoms with E-state index < -0.39 is 0 Å². The first-order chi connectivity index (χ1) is 8.06. The molecule has 1 aliphatic heterocycles.